The quantitative estimate of drug-likeness (QED) is 0.859. The highest BCUT2D eigenvalue weighted by molar-refractivity contribution is 5.89. The van der Waals surface area contributed by atoms with Crippen molar-refractivity contribution >= 4 is 5.91 Å². The van der Waals surface area contributed by atoms with E-state index in [1.54, 1.807) is 32.4 Å². The van der Waals surface area contributed by atoms with Crippen molar-refractivity contribution in [3.05, 3.63) is 24.1 Å². The Balaban J connectivity index is 1.69. The predicted molar refractivity (Wildman–Crippen MR) is 84.1 cm³/mol. The maximum absolute atomic E-state index is 12.1. The molecule has 1 aliphatic rings. The minimum absolute atomic E-state index is 0.0576. The SMILES string of the molecule is COc1ccc(-c2noc(C(=O)NC[C@H]3CCCO3)n2)cc1OC. The van der Waals surface area contributed by atoms with E-state index in [1.807, 2.05) is 0 Å². The van der Waals surface area contributed by atoms with E-state index in [0.29, 0.717) is 29.4 Å². The van der Waals surface area contributed by atoms with Crippen LogP contribution in [0.1, 0.15) is 23.5 Å². The number of aromatic nitrogens is 2. The zero-order chi connectivity index (χ0) is 16.9. The van der Waals surface area contributed by atoms with Gasteiger partial charge in [0.25, 0.3) is 0 Å². The van der Waals surface area contributed by atoms with E-state index in [9.17, 15) is 4.79 Å². The summed E-state index contributed by atoms with van der Waals surface area (Å²) < 4.78 is 20.9. The van der Waals surface area contributed by atoms with Gasteiger partial charge in [-0.15, -0.1) is 0 Å². The lowest BCUT2D eigenvalue weighted by Gasteiger charge is -2.08. The topological polar surface area (TPSA) is 95.7 Å². The highest BCUT2D eigenvalue weighted by Gasteiger charge is 2.20. The number of carbonyl (C=O) groups is 1. The van der Waals surface area contributed by atoms with Crippen LogP contribution in [-0.2, 0) is 4.74 Å². The van der Waals surface area contributed by atoms with Gasteiger partial charge in [0.05, 0.1) is 20.3 Å². The van der Waals surface area contributed by atoms with Gasteiger partial charge in [0.2, 0.25) is 5.82 Å². The molecule has 1 aromatic heterocycles. The second kappa shape index (κ2) is 7.31. The van der Waals surface area contributed by atoms with Gasteiger partial charge in [-0.1, -0.05) is 5.16 Å². The number of hydrogen-bond donors (Lipinski definition) is 1. The fourth-order valence-electron chi connectivity index (χ4n) is 2.50. The van der Waals surface area contributed by atoms with Crippen LogP contribution in [-0.4, -0.2) is 49.5 Å². The number of nitrogens with one attached hydrogen (secondary N) is 1. The van der Waals surface area contributed by atoms with Crippen LogP contribution in [0.4, 0.5) is 0 Å². The molecule has 8 heteroatoms. The molecule has 1 N–H and O–H groups in total. The standard InChI is InChI=1S/C16H19N3O5/c1-21-12-6-5-10(8-13(12)22-2)14-18-16(24-19-14)15(20)17-9-11-4-3-7-23-11/h5-6,8,11H,3-4,7,9H2,1-2H3,(H,17,20)/t11-/m1/s1. The van der Waals surface area contributed by atoms with Crippen molar-refractivity contribution < 1.29 is 23.5 Å². The molecule has 128 valence electrons. The van der Waals surface area contributed by atoms with Crippen molar-refractivity contribution in [1.29, 1.82) is 0 Å². The Bertz CT molecular complexity index is 709. The van der Waals surface area contributed by atoms with E-state index in [0.717, 1.165) is 19.4 Å². The second-order valence-corrected chi connectivity index (χ2v) is 5.34. The number of hydrogen-bond acceptors (Lipinski definition) is 7. The maximum Gasteiger partial charge on any atom is 0.316 e. The number of benzene rings is 1. The number of amides is 1. The van der Waals surface area contributed by atoms with E-state index < -0.39 is 5.91 Å². The van der Waals surface area contributed by atoms with Crippen molar-refractivity contribution in [3.8, 4) is 22.9 Å². The summed E-state index contributed by atoms with van der Waals surface area (Å²) in [6.45, 7) is 1.18. The highest BCUT2D eigenvalue weighted by Crippen LogP contribution is 2.31. The average Bonchev–Trinajstić information content (AvgIpc) is 3.30. The van der Waals surface area contributed by atoms with E-state index in [4.69, 9.17) is 18.7 Å². The molecule has 1 aromatic carbocycles. The van der Waals surface area contributed by atoms with Gasteiger partial charge >= 0.3 is 11.8 Å². The van der Waals surface area contributed by atoms with Gasteiger partial charge in [-0.25, -0.2) is 0 Å². The molecule has 3 rings (SSSR count). The Kier molecular flexibility index (Phi) is 4.95. The third-order valence-electron chi connectivity index (χ3n) is 3.78. The molecule has 0 spiro atoms. The summed E-state index contributed by atoms with van der Waals surface area (Å²) in [6, 6.07) is 5.22. The van der Waals surface area contributed by atoms with Crippen LogP contribution in [0, 0.1) is 0 Å². The van der Waals surface area contributed by atoms with E-state index in [2.05, 4.69) is 15.5 Å². The van der Waals surface area contributed by atoms with Gasteiger partial charge in [0.15, 0.2) is 11.5 Å². The molecule has 2 aromatic rings. The minimum Gasteiger partial charge on any atom is -0.493 e. The van der Waals surface area contributed by atoms with Crippen LogP contribution in [0.2, 0.25) is 0 Å². The molecule has 0 aliphatic carbocycles. The van der Waals surface area contributed by atoms with Gasteiger partial charge in [-0.2, -0.15) is 4.98 Å². The average molecular weight is 333 g/mol. The molecular weight excluding hydrogens is 314 g/mol. The first-order valence-corrected chi connectivity index (χ1v) is 7.67. The van der Waals surface area contributed by atoms with Crippen LogP contribution < -0.4 is 14.8 Å². The smallest absolute Gasteiger partial charge is 0.316 e. The molecule has 1 atom stereocenters. The van der Waals surface area contributed by atoms with Gasteiger partial charge in [-0.3, -0.25) is 4.79 Å². The number of nitrogens with zero attached hydrogens (tertiary/aromatic N) is 2. The lowest BCUT2D eigenvalue weighted by Crippen LogP contribution is -2.31. The highest BCUT2D eigenvalue weighted by atomic mass is 16.5. The fraction of sp³-hybridized carbons (Fsp3) is 0.438. The third kappa shape index (κ3) is 3.48. The molecule has 1 saturated heterocycles. The van der Waals surface area contributed by atoms with E-state index in [1.165, 1.54) is 0 Å². The molecule has 24 heavy (non-hydrogen) atoms. The molecule has 1 aliphatic heterocycles. The summed E-state index contributed by atoms with van der Waals surface area (Å²) in [5.41, 5.74) is 0.662. The normalized spacial score (nSPS) is 16.8. The van der Waals surface area contributed by atoms with Crippen molar-refractivity contribution in [3.63, 3.8) is 0 Å². The van der Waals surface area contributed by atoms with Gasteiger partial charge in [0, 0.05) is 18.7 Å². The Morgan fingerprint density at radius 1 is 1.33 bits per heavy atom. The molecule has 1 amide bonds. The van der Waals surface area contributed by atoms with Crippen LogP contribution in [0.25, 0.3) is 11.4 Å². The van der Waals surface area contributed by atoms with Gasteiger partial charge in [0.1, 0.15) is 0 Å². The zero-order valence-electron chi connectivity index (χ0n) is 13.6. The van der Waals surface area contributed by atoms with E-state index >= 15 is 0 Å². The van der Waals surface area contributed by atoms with Crippen molar-refractivity contribution in [2.45, 2.75) is 18.9 Å². The van der Waals surface area contributed by atoms with Crippen LogP contribution in [0.3, 0.4) is 0 Å². The van der Waals surface area contributed by atoms with Gasteiger partial charge in [-0.05, 0) is 31.0 Å². The summed E-state index contributed by atoms with van der Waals surface area (Å²) in [6.07, 6.45) is 2.02. The summed E-state index contributed by atoms with van der Waals surface area (Å²) in [7, 11) is 3.10. The first kappa shape index (κ1) is 16.3. The maximum atomic E-state index is 12.1. The Hall–Kier alpha value is -2.61. The Morgan fingerprint density at radius 2 is 2.17 bits per heavy atom. The minimum atomic E-state index is -0.412. The fourth-order valence-corrected chi connectivity index (χ4v) is 2.50. The lowest BCUT2D eigenvalue weighted by atomic mass is 10.2. The number of methoxy groups -OCH3 is 2. The van der Waals surface area contributed by atoms with Crippen LogP contribution in [0.15, 0.2) is 22.7 Å². The molecule has 0 saturated carbocycles. The van der Waals surface area contributed by atoms with Crippen LogP contribution >= 0.6 is 0 Å². The van der Waals surface area contributed by atoms with Gasteiger partial charge < -0.3 is 24.1 Å². The van der Waals surface area contributed by atoms with Crippen molar-refractivity contribution in [2.24, 2.45) is 0 Å². The molecule has 2 heterocycles. The number of rotatable bonds is 6. The second-order valence-electron chi connectivity index (χ2n) is 5.34. The summed E-state index contributed by atoms with van der Waals surface area (Å²) in [4.78, 5) is 16.2. The molecular formula is C16H19N3O5. The first-order valence-electron chi connectivity index (χ1n) is 7.67. The number of carbonyl (C=O) groups excluding carboxylic acids is 1. The lowest BCUT2D eigenvalue weighted by molar-refractivity contribution is 0.0822. The van der Waals surface area contributed by atoms with Crippen molar-refractivity contribution in [2.75, 3.05) is 27.4 Å². The predicted octanol–water partition coefficient (Wildman–Crippen LogP) is 1.66. The van der Waals surface area contributed by atoms with E-state index in [-0.39, 0.29) is 12.0 Å². The largest absolute Gasteiger partial charge is 0.493 e. The zero-order valence-corrected chi connectivity index (χ0v) is 13.6. The monoisotopic (exact) mass is 333 g/mol. The third-order valence-corrected chi connectivity index (χ3v) is 3.78. The number of ether oxygens (including phenoxy) is 3. The first-order chi connectivity index (χ1) is 11.7. The molecule has 8 nitrogen and oxygen atoms in total. The van der Waals surface area contributed by atoms with Crippen molar-refractivity contribution in [1.82, 2.24) is 15.5 Å². The Morgan fingerprint density at radius 3 is 2.88 bits per heavy atom. The summed E-state index contributed by atoms with van der Waals surface area (Å²) in [5.74, 6) is 0.948. The molecule has 0 unspecified atom stereocenters. The molecule has 1 fully saturated rings. The Labute approximate surface area is 139 Å². The van der Waals surface area contributed by atoms with Crippen LogP contribution in [0.5, 0.6) is 11.5 Å². The molecule has 0 radical (unpaired) electrons. The summed E-state index contributed by atoms with van der Waals surface area (Å²) in [5, 5.41) is 6.59. The molecule has 0 bridgehead atoms. The summed E-state index contributed by atoms with van der Waals surface area (Å²) >= 11 is 0.